The molecule has 0 saturated heterocycles. The summed E-state index contributed by atoms with van der Waals surface area (Å²) in [6.45, 7) is -0.0337. The van der Waals surface area contributed by atoms with E-state index < -0.39 is 12.2 Å². The van der Waals surface area contributed by atoms with E-state index in [1.54, 1.807) is 12.1 Å². The van der Waals surface area contributed by atoms with Crippen LogP contribution in [0.15, 0.2) is 18.3 Å². The molecule has 13 heavy (non-hydrogen) atoms. The van der Waals surface area contributed by atoms with Gasteiger partial charge in [-0.1, -0.05) is 11.6 Å². The Hall–Kier alpha value is -0.680. The molecule has 0 aromatic carbocycles. The maximum absolute atomic E-state index is 9.49. The van der Waals surface area contributed by atoms with Gasteiger partial charge < -0.3 is 15.9 Å². The highest BCUT2D eigenvalue weighted by Crippen LogP contribution is 2.21. The highest BCUT2D eigenvalue weighted by molar-refractivity contribution is 6.31. The molecule has 0 fully saturated rings. The fourth-order valence-corrected chi connectivity index (χ4v) is 1.16. The van der Waals surface area contributed by atoms with E-state index in [0.717, 1.165) is 0 Å². The first-order chi connectivity index (χ1) is 6.16. The first-order valence-electron chi connectivity index (χ1n) is 3.83. The van der Waals surface area contributed by atoms with Crippen LogP contribution in [0.4, 0.5) is 0 Å². The maximum atomic E-state index is 9.49. The molecule has 4 N–H and O–H groups in total. The van der Waals surface area contributed by atoms with Crippen molar-refractivity contribution < 1.29 is 10.2 Å². The van der Waals surface area contributed by atoms with Crippen LogP contribution >= 0.6 is 11.6 Å². The normalized spacial score (nSPS) is 15.4. The zero-order valence-corrected chi connectivity index (χ0v) is 7.65. The van der Waals surface area contributed by atoms with Crippen molar-refractivity contribution in [3.63, 3.8) is 0 Å². The van der Waals surface area contributed by atoms with Crippen molar-refractivity contribution in [3.05, 3.63) is 29.0 Å². The van der Waals surface area contributed by atoms with Crippen LogP contribution in [0.25, 0.3) is 0 Å². The second-order valence-electron chi connectivity index (χ2n) is 2.62. The predicted octanol–water partition coefficient (Wildman–Crippen LogP) is 0.0880. The predicted molar refractivity (Wildman–Crippen MR) is 49.3 cm³/mol. The van der Waals surface area contributed by atoms with E-state index in [1.165, 1.54) is 6.20 Å². The third-order valence-electron chi connectivity index (χ3n) is 1.67. The third-order valence-corrected chi connectivity index (χ3v) is 1.99. The Morgan fingerprint density at radius 1 is 1.54 bits per heavy atom. The molecule has 0 aliphatic carbocycles. The number of hydrogen-bond acceptors (Lipinski definition) is 4. The number of hydrogen-bond donors (Lipinski definition) is 3. The second kappa shape index (κ2) is 4.53. The van der Waals surface area contributed by atoms with Crippen LogP contribution in [0, 0.1) is 0 Å². The fourth-order valence-electron chi connectivity index (χ4n) is 0.927. The topological polar surface area (TPSA) is 79.4 Å². The van der Waals surface area contributed by atoms with Gasteiger partial charge in [-0.3, -0.25) is 4.98 Å². The minimum absolute atomic E-state index is 0.0337. The van der Waals surface area contributed by atoms with Crippen molar-refractivity contribution in [1.82, 2.24) is 4.98 Å². The summed E-state index contributed by atoms with van der Waals surface area (Å²) in [5.74, 6) is 0. The molecule has 0 saturated carbocycles. The lowest BCUT2D eigenvalue weighted by Crippen LogP contribution is -2.27. The summed E-state index contributed by atoms with van der Waals surface area (Å²) in [6, 6.07) is 3.24. The van der Waals surface area contributed by atoms with E-state index in [1.807, 2.05) is 0 Å². The van der Waals surface area contributed by atoms with E-state index in [2.05, 4.69) is 4.98 Å². The lowest BCUT2D eigenvalue weighted by atomic mass is 10.1. The third kappa shape index (κ3) is 2.38. The lowest BCUT2D eigenvalue weighted by molar-refractivity contribution is 0.0218. The van der Waals surface area contributed by atoms with Gasteiger partial charge in [0.15, 0.2) is 0 Å². The molecule has 0 radical (unpaired) electrons. The molecule has 1 heterocycles. The van der Waals surface area contributed by atoms with Gasteiger partial charge >= 0.3 is 0 Å². The molecular weight excluding hydrogens is 192 g/mol. The number of halogens is 1. The smallest absolute Gasteiger partial charge is 0.124 e. The highest BCUT2D eigenvalue weighted by atomic mass is 35.5. The van der Waals surface area contributed by atoms with Crippen molar-refractivity contribution in [1.29, 1.82) is 0 Å². The SMILES string of the molecule is NCC(O)C(O)c1ncccc1Cl. The van der Waals surface area contributed by atoms with Crippen LogP contribution in [0.2, 0.25) is 5.02 Å². The Morgan fingerprint density at radius 2 is 2.23 bits per heavy atom. The number of nitrogens with two attached hydrogens (primary N) is 1. The van der Waals surface area contributed by atoms with Crippen molar-refractivity contribution in [2.24, 2.45) is 5.73 Å². The summed E-state index contributed by atoms with van der Waals surface area (Å²) >= 11 is 5.75. The van der Waals surface area contributed by atoms with Crippen LogP contribution in [0.3, 0.4) is 0 Å². The molecule has 4 nitrogen and oxygen atoms in total. The number of aliphatic hydroxyl groups excluding tert-OH is 2. The van der Waals surface area contributed by atoms with E-state index in [0.29, 0.717) is 5.02 Å². The summed E-state index contributed by atoms with van der Waals surface area (Å²) in [6.07, 6.45) is -0.667. The number of aliphatic hydroxyl groups is 2. The van der Waals surface area contributed by atoms with Crippen LogP contribution in [-0.2, 0) is 0 Å². The monoisotopic (exact) mass is 202 g/mol. The van der Waals surface area contributed by atoms with Gasteiger partial charge in [0.1, 0.15) is 6.10 Å². The van der Waals surface area contributed by atoms with Crippen molar-refractivity contribution in [2.45, 2.75) is 12.2 Å². The van der Waals surface area contributed by atoms with Gasteiger partial charge in [-0.2, -0.15) is 0 Å². The molecule has 1 rings (SSSR count). The van der Waals surface area contributed by atoms with Crippen LogP contribution in [0.1, 0.15) is 11.8 Å². The van der Waals surface area contributed by atoms with Gasteiger partial charge in [0.25, 0.3) is 0 Å². The Kier molecular flexibility index (Phi) is 3.62. The maximum Gasteiger partial charge on any atom is 0.124 e. The molecule has 0 amide bonds. The molecule has 0 bridgehead atoms. The van der Waals surface area contributed by atoms with Crippen molar-refractivity contribution in [2.75, 3.05) is 6.54 Å². The summed E-state index contributed by atoms with van der Waals surface area (Å²) in [5.41, 5.74) is 5.43. The molecule has 2 unspecified atom stereocenters. The lowest BCUT2D eigenvalue weighted by Gasteiger charge is -2.15. The molecule has 1 aromatic rings. The summed E-state index contributed by atoms with van der Waals surface area (Å²) in [4.78, 5) is 3.85. The van der Waals surface area contributed by atoms with Gasteiger partial charge in [-0.25, -0.2) is 0 Å². The largest absolute Gasteiger partial charge is 0.389 e. The van der Waals surface area contributed by atoms with E-state index >= 15 is 0 Å². The number of aromatic nitrogens is 1. The first-order valence-corrected chi connectivity index (χ1v) is 4.21. The first kappa shape index (κ1) is 10.4. The summed E-state index contributed by atoms with van der Waals surface area (Å²) in [7, 11) is 0. The van der Waals surface area contributed by atoms with Crippen LogP contribution in [-0.4, -0.2) is 27.8 Å². The average molecular weight is 203 g/mol. The molecule has 2 atom stereocenters. The number of pyridine rings is 1. The van der Waals surface area contributed by atoms with Gasteiger partial charge in [-0.15, -0.1) is 0 Å². The summed E-state index contributed by atoms with van der Waals surface area (Å²) < 4.78 is 0. The Morgan fingerprint density at radius 3 is 2.77 bits per heavy atom. The Bertz CT molecular complexity index is 283. The van der Waals surface area contributed by atoms with Gasteiger partial charge in [0.05, 0.1) is 16.8 Å². The fraction of sp³-hybridized carbons (Fsp3) is 0.375. The van der Waals surface area contributed by atoms with E-state index in [9.17, 15) is 10.2 Å². The van der Waals surface area contributed by atoms with Crippen molar-refractivity contribution >= 4 is 11.6 Å². The Balaban J connectivity index is 2.88. The summed E-state index contributed by atoms with van der Waals surface area (Å²) in [5, 5.41) is 19.0. The van der Waals surface area contributed by atoms with E-state index in [-0.39, 0.29) is 12.2 Å². The van der Waals surface area contributed by atoms with Crippen LogP contribution in [0.5, 0.6) is 0 Å². The van der Waals surface area contributed by atoms with Gasteiger partial charge in [0.2, 0.25) is 0 Å². The van der Waals surface area contributed by atoms with Crippen LogP contribution < -0.4 is 5.73 Å². The number of rotatable bonds is 3. The average Bonchev–Trinajstić information content (AvgIpc) is 2.16. The van der Waals surface area contributed by atoms with Gasteiger partial charge in [-0.05, 0) is 12.1 Å². The standard InChI is InChI=1S/C8H11ClN2O2/c9-5-2-1-3-11-7(5)8(13)6(12)4-10/h1-3,6,8,12-13H,4,10H2. The molecule has 0 aliphatic rings. The molecule has 1 aromatic heterocycles. The Labute approximate surface area is 81.0 Å². The van der Waals surface area contributed by atoms with Crippen molar-refractivity contribution in [3.8, 4) is 0 Å². The molecule has 72 valence electrons. The molecular formula is C8H11ClN2O2. The van der Waals surface area contributed by atoms with Gasteiger partial charge in [0, 0.05) is 12.7 Å². The van der Waals surface area contributed by atoms with E-state index in [4.69, 9.17) is 17.3 Å². The highest BCUT2D eigenvalue weighted by Gasteiger charge is 2.20. The molecule has 5 heteroatoms. The zero-order valence-electron chi connectivity index (χ0n) is 6.89. The molecule has 0 aliphatic heterocycles. The number of nitrogens with zero attached hydrogens (tertiary/aromatic N) is 1. The minimum Gasteiger partial charge on any atom is -0.389 e. The minimum atomic E-state index is -1.13. The quantitative estimate of drug-likeness (QED) is 0.649. The zero-order chi connectivity index (χ0) is 9.84. The second-order valence-corrected chi connectivity index (χ2v) is 3.03. The molecule has 0 spiro atoms.